The van der Waals surface area contributed by atoms with E-state index in [9.17, 15) is 9.59 Å². The Bertz CT molecular complexity index is 669. The number of nitrogens with zero attached hydrogens (tertiary/aromatic N) is 2. The van der Waals surface area contributed by atoms with Gasteiger partial charge in [-0.15, -0.1) is 0 Å². The molecule has 1 saturated carbocycles. The van der Waals surface area contributed by atoms with Gasteiger partial charge in [0.25, 0.3) is 5.91 Å². The first-order valence-corrected chi connectivity index (χ1v) is 11.2. The Balaban J connectivity index is 1.60. The molecular formula is C23H35N3O3. The minimum absolute atomic E-state index is 0.0530. The summed E-state index contributed by atoms with van der Waals surface area (Å²) < 4.78 is 5.42. The summed E-state index contributed by atoms with van der Waals surface area (Å²) in [6.45, 7) is 7.98. The molecule has 3 rings (SSSR count). The highest BCUT2D eigenvalue weighted by atomic mass is 16.5. The minimum Gasteiger partial charge on any atom is -0.379 e. The molecule has 0 bridgehead atoms. The van der Waals surface area contributed by atoms with Crippen molar-refractivity contribution in [2.24, 2.45) is 5.92 Å². The third kappa shape index (κ3) is 7.12. The summed E-state index contributed by atoms with van der Waals surface area (Å²) in [5, 5.41) is 2.95. The average molecular weight is 402 g/mol. The van der Waals surface area contributed by atoms with Crippen LogP contribution in [0.3, 0.4) is 0 Å². The molecule has 6 heteroatoms. The number of nitrogens with one attached hydrogen (secondary N) is 1. The van der Waals surface area contributed by atoms with Crippen molar-refractivity contribution in [2.45, 2.75) is 45.4 Å². The first-order valence-electron chi connectivity index (χ1n) is 11.2. The van der Waals surface area contributed by atoms with Crippen molar-refractivity contribution in [2.75, 3.05) is 51.3 Å². The van der Waals surface area contributed by atoms with Crippen LogP contribution < -0.4 is 5.32 Å². The van der Waals surface area contributed by atoms with Crippen molar-refractivity contribution < 1.29 is 14.3 Å². The number of hydrogen-bond acceptors (Lipinski definition) is 4. The molecule has 0 unspecified atom stereocenters. The quantitative estimate of drug-likeness (QED) is 0.578. The molecule has 0 aromatic heterocycles. The van der Waals surface area contributed by atoms with Gasteiger partial charge in [-0.3, -0.25) is 14.5 Å². The summed E-state index contributed by atoms with van der Waals surface area (Å²) in [5.74, 6) is 0.272. The smallest absolute Gasteiger partial charge is 0.253 e. The van der Waals surface area contributed by atoms with Crippen LogP contribution in [-0.4, -0.2) is 67.6 Å². The third-order valence-electron chi connectivity index (χ3n) is 5.68. The monoisotopic (exact) mass is 401 g/mol. The minimum atomic E-state index is 0.0530. The number of unbranched alkanes of at least 4 members (excludes halogenated alkanes) is 3. The Hall–Kier alpha value is -1.92. The topological polar surface area (TPSA) is 61.9 Å². The lowest BCUT2D eigenvalue weighted by Gasteiger charge is -2.30. The van der Waals surface area contributed by atoms with Crippen LogP contribution in [0, 0.1) is 5.92 Å². The molecule has 1 aliphatic carbocycles. The van der Waals surface area contributed by atoms with Gasteiger partial charge in [-0.1, -0.05) is 32.3 Å². The molecule has 0 spiro atoms. The molecular weight excluding hydrogens is 366 g/mol. The largest absolute Gasteiger partial charge is 0.379 e. The maximum atomic E-state index is 13.2. The number of amides is 2. The lowest BCUT2D eigenvalue weighted by atomic mass is 10.1. The van der Waals surface area contributed by atoms with Crippen LogP contribution in [0.5, 0.6) is 0 Å². The number of ether oxygens (including phenoxy) is 1. The van der Waals surface area contributed by atoms with Crippen LogP contribution >= 0.6 is 0 Å². The Kier molecular flexibility index (Phi) is 8.50. The summed E-state index contributed by atoms with van der Waals surface area (Å²) in [6, 6.07) is 7.38. The molecule has 1 N–H and O–H groups in total. The average Bonchev–Trinajstić information content (AvgIpc) is 3.59. The standard InChI is InChI=1S/C23H35N3O3/c1-2-3-4-5-11-26(13-12-25-14-16-29-17-15-25)23(28)20-7-6-8-21(18-20)24-22(27)19-9-10-19/h6-8,18-19H,2-5,9-17H2,1H3,(H,24,27). The molecule has 2 fully saturated rings. The van der Waals surface area contributed by atoms with Crippen LogP contribution in [0.25, 0.3) is 0 Å². The molecule has 160 valence electrons. The fraction of sp³-hybridized carbons (Fsp3) is 0.652. The van der Waals surface area contributed by atoms with E-state index in [1.54, 1.807) is 0 Å². The maximum absolute atomic E-state index is 13.2. The maximum Gasteiger partial charge on any atom is 0.253 e. The summed E-state index contributed by atoms with van der Waals surface area (Å²) in [6.07, 6.45) is 6.50. The number of rotatable bonds is 11. The van der Waals surface area contributed by atoms with E-state index >= 15 is 0 Å². The lowest BCUT2D eigenvalue weighted by Crippen LogP contribution is -2.43. The summed E-state index contributed by atoms with van der Waals surface area (Å²) in [5.41, 5.74) is 1.36. The van der Waals surface area contributed by atoms with E-state index in [1.807, 2.05) is 29.2 Å². The van der Waals surface area contributed by atoms with E-state index in [2.05, 4.69) is 17.1 Å². The van der Waals surface area contributed by atoms with Crippen molar-refractivity contribution in [3.8, 4) is 0 Å². The summed E-state index contributed by atoms with van der Waals surface area (Å²) in [7, 11) is 0. The molecule has 2 amide bonds. The van der Waals surface area contributed by atoms with E-state index in [4.69, 9.17) is 4.74 Å². The molecule has 2 aliphatic rings. The molecule has 1 heterocycles. The number of anilines is 1. The summed E-state index contributed by atoms with van der Waals surface area (Å²) in [4.78, 5) is 29.6. The van der Waals surface area contributed by atoms with E-state index in [0.717, 1.165) is 71.6 Å². The van der Waals surface area contributed by atoms with Crippen LogP contribution in [0.2, 0.25) is 0 Å². The fourth-order valence-corrected chi connectivity index (χ4v) is 3.63. The second kappa shape index (κ2) is 11.3. The molecule has 6 nitrogen and oxygen atoms in total. The molecule has 1 aromatic carbocycles. The zero-order valence-corrected chi connectivity index (χ0v) is 17.7. The number of hydrogen-bond donors (Lipinski definition) is 1. The molecule has 1 saturated heterocycles. The van der Waals surface area contributed by atoms with Gasteiger partial charge in [0.05, 0.1) is 13.2 Å². The Morgan fingerprint density at radius 3 is 2.66 bits per heavy atom. The van der Waals surface area contributed by atoms with Gasteiger partial charge in [0.1, 0.15) is 0 Å². The van der Waals surface area contributed by atoms with Crippen molar-refractivity contribution in [1.29, 1.82) is 0 Å². The van der Waals surface area contributed by atoms with Crippen LogP contribution in [-0.2, 0) is 9.53 Å². The van der Waals surface area contributed by atoms with Gasteiger partial charge in [0, 0.05) is 49.9 Å². The van der Waals surface area contributed by atoms with Gasteiger partial charge >= 0.3 is 0 Å². The predicted molar refractivity (Wildman–Crippen MR) is 115 cm³/mol. The predicted octanol–water partition coefficient (Wildman–Crippen LogP) is 3.39. The summed E-state index contributed by atoms with van der Waals surface area (Å²) >= 11 is 0. The van der Waals surface area contributed by atoms with E-state index in [1.165, 1.54) is 12.8 Å². The van der Waals surface area contributed by atoms with Gasteiger partial charge in [0.15, 0.2) is 0 Å². The van der Waals surface area contributed by atoms with Crippen LogP contribution in [0.1, 0.15) is 55.8 Å². The first-order chi connectivity index (χ1) is 14.2. The Labute approximate surface area is 174 Å². The third-order valence-corrected chi connectivity index (χ3v) is 5.68. The van der Waals surface area contributed by atoms with Gasteiger partial charge in [-0.2, -0.15) is 0 Å². The molecule has 1 aliphatic heterocycles. The van der Waals surface area contributed by atoms with Crippen molar-refractivity contribution in [3.05, 3.63) is 29.8 Å². The van der Waals surface area contributed by atoms with Gasteiger partial charge in [-0.05, 0) is 37.5 Å². The van der Waals surface area contributed by atoms with Crippen LogP contribution in [0.15, 0.2) is 24.3 Å². The highest BCUT2D eigenvalue weighted by Gasteiger charge is 2.29. The van der Waals surface area contributed by atoms with Gasteiger partial charge in [0.2, 0.25) is 5.91 Å². The van der Waals surface area contributed by atoms with Crippen molar-refractivity contribution in [3.63, 3.8) is 0 Å². The Morgan fingerprint density at radius 1 is 1.14 bits per heavy atom. The zero-order chi connectivity index (χ0) is 20.5. The van der Waals surface area contributed by atoms with E-state index < -0.39 is 0 Å². The molecule has 0 atom stereocenters. The van der Waals surface area contributed by atoms with E-state index in [-0.39, 0.29) is 17.7 Å². The van der Waals surface area contributed by atoms with Crippen molar-refractivity contribution >= 4 is 17.5 Å². The Morgan fingerprint density at radius 2 is 1.93 bits per heavy atom. The molecule has 0 radical (unpaired) electrons. The second-order valence-electron chi connectivity index (χ2n) is 8.15. The SMILES string of the molecule is CCCCCCN(CCN1CCOCC1)C(=O)c1cccc(NC(=O)C2CC2)c1. The zero-order valence-electron chi connectivity index (χ0n) is 17.7. The van der Waals surface area contributed by atoms with Gasteiger partial charge < -0.3 is 15.0 Å². The number of benzene rings is 1. The van der Waals surface area contributed by atoms with E-state index in [0.29, 0.717) is 11.3 Å². The van der Waals surface area contributed by atoms with Crippen molar-refractivity contribution in [1.82, 2.24) is 9.80 Å². The molecule has 1 aromatic rings. The number of carbonyl (C=O) groups is 2. The number of morpholine rings is 1. The van der Waals surface area contributed by atoms with Gasteiger partial charge in [-0.25, -0.2) is 0 Å². The first kappa shape index (κ1) is 21.8. The second-order valence-corrected chi connectivity index (χ2v) is 8.15. The molecule has 29 heavy (non-hydrogen) atoms. The van der Waals surface area contributed by atoms with Crippen LogP contribution in [0.4, 0.5) is 5.69 Å². The lowest BCUT2D eigenvalue weighted by molar-refractivity contribution is -0.117. The normalized spacial score (nSPS) is 17.1. The highest BCUT2D eigenvalue weighted by Crippen LogP contribution is 2.30. The number of carbonyl (C=O) groups excluding carboxylic acids is 2. The fourth-order valence-electron chi connectivity index (χ4n) is 3.63. The highest BCUT2D eigenvalue weighted by molar-refractivity contribution is 5.98.